The van der Waals surface area contributed by atoms with E-state index in [2.05, 4.69) is 206 Å². The van der Waals surface area contributed by atoms with Crippen LogP contribution in [0.5, 0.6) is 0 Å². The molecule has 56 heavy (non-hydrogen) atoms. The summed E-state index contributed by atoms with van der Waals surface area (Å²) in [6.45, 7) is 6.88. The molecule has 0 spiro atoms. The van der Waals surface area contributed by atoms with E-state index < -0.39 is 0 Å². The zero-order valence-corrected chi connectivity index (χ0v) is 33.1. The molecule has 0 aliphatic rings. The van der Waals surface area contributed by atoms with Gasteiger partial charge in [0.2, 0.25) is 0 Å². The van der Waals surface area contributed by atoms with Crippen LogP contribution in [0.3, 0.4) is 0 Å². The molecule has 0 saturated carbocycles. The Morgan fingerprint density at radius 1 is 0.429 bits per heavy atom. The molecule has 11 rings (SSSR count). The minimum Gasteiger partial charge on any atom is -0.309 e. The van der Waals surface area contributed by atoms with Crippen molar-refractivity contribution in [2.75, 3.05) is 4.90 Å². The summed E-state index contributed by atoms with van der Waals surface area (Å²) < 4.78 is 7.62. The Balaban J connectivity index is 1.09. The van der Waals surface area contributed by atoms with Gasteiger partial charge in [-0.25, -0.2) is 0 Å². The van der Waals surface area contributed by atoms with Gasteiger partial charge in [0.1, 0.15) is 0 Å². The van der Waals surface area contributed by atoms with Crippen molar-refractivity contribution in [3.8, 4) is 16.8 Å². The van der Waals surface area contributed by atoms with E-state index in [0.717, 1.165) is 5.69 Å². The Hall–Kier alpha value is -6.20. The molecule has 268 valence electrons. The van der Waals surface area contributed by atoms with Crippen molar-refractivity contribution in [1.29, 1.82) is 0 Å². The predicted octanol–water partition coefficient (Wildman–Crippen LogP) is 16.0. The molecule has 0 saturated heterocycles. The maximum atomic E-state index is 2.49. The number of thiophene rings is 2. The first-order valence-corrected chi connectivity index (χ1v) is 20.9. The van der Waals surface area contributed by atoms with Gasteiger partial charge in [0.15, 0.2) is 0 Å². The standard InChI is InChI=1S/C52H38N2S2/c1-52(2,3)35-26-30-45-43(32-35)42-31-34(25-29-44(42)53(45)36-13-5-4-6-14-36)33-23-27-37(28-24-33)54(46-19-11-17-40-38-15-7-9-21-48(38)55-50(40)46)47-20-12-18-41-39-16-8-10-22-49(39)56-51(41)47/h4-32H,1-3H3. The van der Waals surface area contributed by atoms with Gasteiger partial charge in [-0.05, 0) is 94.9 Å². The van der Waals surface area contributed by atoms with Crippen molar-refractivity contribution in [3.05, 3.63) is 181 Å². The Morgan fingerprint density at radius 2 is 0.946 bits per heavy atom. The van der Waals surface area contributed by atoms with E-state index in [1.807, 2.05) is 22.7 Å². The van der Waals surface area contributed by atoms with Crippen LogP contribution in [-0.2, 0) is 5.41 Å². The van der Waals surface area contributed by atoms with E-state index in [4.69, 9.17) is 0 Å². The number of benzene rings is 8. The van der Waals surface area contributed by atoms with Gasteiger partial charge in [-0.2, -0.15) is 0 Å². The highest BCUT2D eigenvalue weighted by molar-refractivity contribution is 7.27. The number of nitrogens with zero attached hydrogens (tertiary/aromatic N) is 2. The lowest BCUT2D eigenvalue weighted by Crippen LogP contribution is -2.10. The molecule has 0 N–H and O–H groups in total. The Morgan fingerprint density at radius 3 is 1.55 bits per heavy atom. The molecule has 0 amide bonds. The van der Waals surface area contributed by atoms with Crippen LogP contribution in [0.4, 0.5) is 17.1 Å². The van der Waals surface area contributed by atoms with Crippen molar-refractivity contribution in [3.63, 3.8) is 0 Å². The SMILES string of the molecule is CC(C)(C)c1ccc2c(c1)c1cc(-c3ccc(N(c4cccc5c4sc4ccccc45)c4cccc5c4sc4ccccc45)cc3)ccc1n2-c1ccccc1. The van der Waals surface area contributed by atoms with Crippen molar-refractivity contribution >= 4 is 102 Å². The van der Waals surface area contributed by atoms with E-state index in [1.165, 1.54) is 95.9 Å². The molecule has 11 aromatic rings. The second-order valence-corrected chi connectivity index (χ2v) is 17.9. The fourth-order valence-electron chi connectivity index (χ4n) is 8.55. The van der Waals surface area contributed by atoms with E-state index >= 15 is 0 Å². The van der Waals surface area contributed by atoms with Crippen molar-refractivity contribution in [1.82, 2.24) is 4.57 Å². The highest BCUT2D eigenvalue weighted by atomic mass is 32.1. The van der Waals surface area contributed by atoms with Crippen LogP contribution in [0.25, 0.3) is 79.0 Å². The number of rotatable bonds is 5. The molecule has 3 heterocycles. The lowest BCUT2D eigenvalue weighted by Gasteiger charge is -2.27. The molecule has 0 radical (unpaired) electrons. The van der Waals surface area contributed by atoms with Gasteiger partial charge < -0.3 is 9.47 Å². The second kappa shape index (κ2) is 12.7. The maximum absolute atomic E-state index is 2.49. The summed E-state index contributed by atoms with van der Waals surface area (Å²) in [6.07, 6.45) is 0. The monoisotopic (exact) mass is 754 g/mol. The van der Waals surface area contributed by atoms with Crippen LogP contribution in [0.1, 0.15) is 26.3 Å². The van der Waals surface area contributed by atoms with Crippen LogP contribution >= 0.6 is 22.7 Å². The summed E-state index contributed by atoms with van der Waals surface area (Å²) in [5.41, 5.74) is 11.0. The summed E-state index contributed by atoms with van der Waals surface area (Å²) in [6, 6.07) is 65.1. The molecule has 0 fully saturated rings. The van der Waals surface area contributed by atoms with E-state index in [1.54, 1.807) is 0 Å². The highest BCUT2D eigenvalue weighted by Gasteiger charge is 2.22. The zero-order chi connectivity index (χ0) is 37.5. The summed E-state index contributed by atoms with van der Waals surface area (Å²) in [7, 11) is 0. The third-order valence-electron chi connectivity index (χ3n) is 11.4. The van der Waals surface area contributed by atoms with Gasteiger partial charge in [-0.15, -0.1) is 22.7 Å². The number of hydrogen-bond acceptors (Lipinski definition) is 3. The maximum Gasteiger partial charge on any atom is 0.0640 e. The van der Waals surface area contributed by atoms with Crippen molar-refractivity contribution in [2.24, 2.45) is 0 Å². The van der Waals surface area contributed by atoms with E-state index in [9.17, 15) is 0 Å². The summed E-state index contributed by atoms with van der Waals surface area (Å²) >= 11 is 3.76. The summed E-state index contributed by atoms with van der Waals surface area (Å²) in [4.78, 5) is 2.49. The van der Waals surface area contributed by atoms with Crippen LogP contribution in [0.2, 0.25) is 0 Å². The summed E-state index contributed by atoms with van der Waals surface area (Å²) in [5.74, 6) is 0. The zero-order valence-electron chi connectivity index (χ0n) is 31.5. The van der Waals surface area contributed by atoms with E-state index in [-0.39, 0.29) is 5.41 Å². The Labute approximate surface area is 334 Å². The van der Waals surface area contributed by atoms with Gasteiger partial charge in [0, 0.05) is 53.1 Å². The lowest BCUT2D eigenvalue weighted by molar-refractivity contribution is 0.591. The molecule has 4 heteroatoms. The molecule has 8 aromatic carbocycles. The molecule has 2 nitrogen and oxygen atoms in total. The fraction of sp³-hybridized carbons (Fsp3) is 0.0769. The minimum atomic E-state index is 0.0506. The second-order valence-electron chi connectivity index (χ2n) is 15.8. The molecule has 3 aromatic heterocycles. The predicted molar refractivity (Wildman–Crippen MR) is 245 cm³/mol. The van der Waals surface area contributed by atoms with Crippen LogP contribution < -0.4 is 4.90 Å². The van der Waals surface area contributed by atoms with Gasteiger partial charge in [0.05, 0.1) is 31.8 Å². The average Bonchev–Trinajstić information content (AvgIpc) is 3.91. The van der Waals surface area contributed by atoms with Gasteiger partial charge in [-0.3, -0.25) is 0 Å². The Bertz CT molecular complexity index is 3170. The number of para-hydroxylation sites is 1. The largest absolute Gasteiger partial charge is 0.309 e. The number of anilines is 3. The topological polar surface area (TPSA) is 8.17 Å². The molecule has 0 atom stereocenters. The molecule has 0 unspecified atom stereocenters. The van der Waals surface area contributed by atoms with Gasteiger partial charge >= 0.3 is 0 Å². The summed E-state index contributed by atoms with van der Waals surface area (Å²) in [5, 5.41) is 7.77. The molecule has 0 aliphatic heterocycles. The fourth-order valence-corrected chi connectivity index (χ4v) is 11.0. The number of aromatic nitrogens is 1. The Kier molecular flexibility index (Phi) is 7.50. The van der Waals surface area contributed by atoms with Crippen LogP contribution in [-0.4, -0.2) is 4.57 Å². The van der Waals surface area contributed by atoms with Crippen LogP contribution in [0.15, 0.2) is 176 Å². The lowest BCUT2D eigenvalue weighted by atomic mass is 9.86. The first-order chi connectivity index (χ1) is 27.4. The van der Waals surface area contributed by atoms with Crippen molar-refractivity contribution < 1.29 is 0 Å². The first-order valence-electron chi connectivity index (χ1n) is 19.3. The molecule has 0 bridgehead atoms. The minimum absolute atomic E-state index is 0.0506. The third-order valence-corrected chi connectivity index (χ3v) is 13.8. The first kappa shape index (κ1) is 33.2. The quantitative estimate of drug-likeness (QED) is 0.170. The number of fused-ring (bicyclic) bond motifs is 9. The van der Waals surface area contributed by atoms with Gasteiger partial charge in [-0.1, -0.05) is 124 Å². The van der Waals surface area contributed by atoms with E-state index in [0.29, 0.717) is 0 Å². The molecule has 0 aliphatic carbocycles. The third kappa shape index (κ3) is 5.21. The van der Waals surface area contributed by atoms with Gasteiger partial charge in [0.25, 0.3) is 0 Å². The molecular weight excluding hydrogens is 717 g/mol. The molecular formula is C52H38N2S2. The highest BCUT2D eigenvalue weighted by Crippen LogP contribution is 2.49. The van der Waals surface area contributed by atoms with Crippen molar-refractivity contribution in [2.45, 2.75) is 26.2 Å². The number of hydrogen-bond donors (Lipinski definition) is 0. The normalized spacial score (nSPS) is 12.2. The van der Waals surface area contributed by atoms with Crippen LogP contribution in [0, 0.1) is 0 Å². The smallest absolute Gasteiger partial charge is 0.0640 e. The average molecular weight is 755 g/mol.